The minimum atomic E-state index is -0.00132. The minimum absolute atomic E-state index is 0.00132. The van der Waals surface area contributed by atoms with Crippen molar-refractivity contribution in [2.45, 2.75) is 18.8 Å². The van der Waals surface area contributed by atoms with E-state index < -0.39 is 0 Å². The van der Waals surface area contributed by atoms with Gasteiger partial charge >= 0.3 is 0 Å². The van der Waals surface area contributed by atoms with Crippen molar-refractivity contribution in [3.05, 3.63) is 60.1 Å². The molecule has 2 aromatic rings. The first-order valence-corrected chi connectivity index (χ1v) is 7.76. The molecule has 4 heteroatoms. The molecule has 0 saturated heterocycles. The summed E-state index contributed by atoms with van der Waals surface area (Å²) < 4.78 is 5.39. The van der Waals surface area contributed by atoms with Crippen LogP contribution in [0.1, 0.15) is 23.7 Å². The highest BCUT2D eigenvalue weighted by Gasteiger charge is 2.47. The van der Waals surface area contributed by atoms with Crippen LogP contribution in [0, 0.1) is 5.92 Å². The van der Waals surface area contributed by atoms with Crippen molar-refractivity contribution in [3.8, 4) is 0 Å². The van der Waals surface area contributed by atoms with Gasteiger partial charge in [-0.2, -0.15) is 0 Å². The summed E-state index contributed by atoms with van der Waals surface area (Å²) in [5.41, 5.74) is 1.21. The number of amides is 1. The van der Waals surface area contributed by atoms with Gasteiger partial charge in [0.1, 0.15) is 5.76 Å². The second-order valence-electron chi connectivity index (χ2n) is 5.75. The van der Waals surface area contributed by atoms with E-state index in [0.29, 0.717) is 13.1 Å². The highest BCUT2D eigenvalue weighted by Crippen LogP contribution is 2.48. The van der Waals surface area contributed by atoms with Crippen LogP contribution in [0.3, 0.4) is 0 Å². The molecule has 0 aliphatic heterocycles. The topological polar surface area (TPSA) is 53.7 Å². The summed E-state index contributed by atoms with van der Waals surface area (Å²) in [6, 6.07) is 13.9. The fraction of sp³-hybridized carbons (Fsp3) is 0.389. The third kappa shape index (κ3) is 3.39. The van der Waals surface area contributed by atoms with Gasteiger partial charge in [0.25, 0.3) is 0 Å². The monoisotopic (exact) mass is 299 g/mol. The number of carbonyl (C=O) groups excluding carboxylic acids is 1. The molecule has 22 heavy (non-hydrogen) atoms. The Morgan fingerprint density at radius 1 is 1.18 bits per heavy atom. The Morgan fingerprint density at radius 3 is 2.68 bits per heavy atom. The zero-order valence-corrected chi connectivity index (χ0v) is 12.5. The molecule has 0 radical (unpaired) electrons. The van der Waals surface area contributed by atoms with E-state index in [2.05, 4.69) is 12.1 Å². The van der Waals surface area contributed by atoms with Crippen molar-refractivity contribution in [1.29, 1.82) is 0 Å². The Bertz CT molecular complexity index is 594. The van der Waals surface area contributed by atoms with Crippen LogP contribution >= 0.6 is 0 Å². The van der Waals surface area contributed by atoms with E-state index >= 15 is 0 Å². The zero-order valence-electron chi connectivity index (χ0n) is 12.5. The molecular formula is C18H21NO3. The van der Waals surface area contributed by atoms with Crippen LogP contribution in [0.15, 0.2) is 53.1 Å². The zero-order chi connectivity index (χ0) is 15.4. The summed E-state index contributed by atoms with van der Waals surface area (Å²) in [5, 5.41) is 9.22. The van der Waals surface area contributed by atoms with Gasteiger partial charge in [-0.05, 0) is 30.5 Å². The van der Waals surface area contributed by atoms with Crippen LogP contribution in [0.4, 0.5) is 0 Å². The molecule has 1 aromatic carbocycles. The maximum absolute atomic E-state index is 12.6. The number of aliphatic hydroxyl groups excluding tert-OH is 1. The lowest BCUT2D eigenvalue weighted by atomic mass is 10.1. The number of hydrogen-bond acceptors (Lipinski definition) is 3. The Hall–Kier alpha value is -2.07. The molecule has 2 unspecified atom stereocenters. The number of rotatable bonds is 7. The normalized spacial score (nSPS) is 19.9. The average Bonchev–Trinajstić information content (AvgIpc) is 3.17. The first kappa shape index (κ1) is 14.9. The number of furan rings is 1. The molecule has 1 fully saturated rings. The molecule has 2 atom stereocenters. The van der Waals surface area contributed by atoms with Gasteiger partial charge in [-0.25, -0.2) is 0 Å². The Kier molecular flexibility index (Phi) is 4.59. The van der Waals surface area contributed by atoms with Crippen molar-refractivity contribution in [3.63, 3.8) is 0 Å². The molecule has 1 aliphatic rings. The van der Waals surface area contributed by atoms with E-state index in [1.165, 1.54) is 5.56 Å². The van der Waals surface area contributed by atoms with Crippen LogP contribution in [0.5, 0.6) is 0 Å². The molecule has 1 aliphatic carbocycles. The summed E-state index contributed by atoms with van der Waals surface area (Å²) >= 11 is 0. The molecule has 1 amide bonds. The molecule has 1 N–H and O–H groups in total. The number of aliphatic hydroxyl groups is 1. The third-order valence-corrected chi connectivity index (χ3v) is 4.21. The largest absolute Gasteiger partial charge is 0.469 e. The highest BCUT2D eigenvalue weighted by molar-refractivity contribution is 5.82. The molecule has 1 saturated carbocycles. The molecule has 116 valence electrons. The van der Waals surface area contributed by atoms with Gasteiger partial charge in [-0.3, -0.25) is 4.79 Å². The summed E-state index contributed by atoms with van der Waals surface area (Å²) in [4.78, 5) is 14.4. The standard InChI is InChI=1S/C18H21NO3/c20-11-10-19(9-8-14-5-2-1-3-6-14)18(21)16-13-15(16)17-7-4-12-22-17/h1-7,12,15-16,20H,8-11,13H2. The van der Waals surface area contributed by atoms with Gasteiger partial charge in [0.05, 0.1) is 12.9 Å². The molecule has 1 heterocycles. The van der Waals surface area contributed by atoms with E-state index in [0.717, 1.165) is 18.6 Å². The minimum Gasteiger partial charge on any atom is -0.469 e. The highest BCUT2D eigenvalue weighted by atomic mass is 16.3. The maximum atomic E-state index is 12.6. The molecule has 4 nitrogen and oxygen atoms in total. The number of hydrogen-bond donors (Lipinski definition) is 1. The molecule has 1 aromatic heterocycles. The van der Waals surface area contributed by atoms with Crippen LogP contribution in [0.25, 0.3) is 0 Å². The second kappa shape index (κ2) is 6.79. The van der Waals surface area contributed by atoms with Crippen molar-refractivity contribution in [2.24, 2.45) is 5.92 Å². The molecule has 0 bridgehead atoms. The predicted octanol–water partition coefficient (Wildman–Crippen LogP) is 2.45. The first-order chi connectivity index (χ1) is 10.8. The predicted molar refractivity (Wildman–Crippen MR) is 83.4 cm³/mol. The quantitative estimate of drug-likeness (QED) is 0.854. The lowest BCUT2D eigenvalue weighted by Crippen LogP contribution is -2.36. The third-order valence-electron chi connectivity index (χ3n) is 4.21. The lowest BCUT2D eigenvalue weighted by Gasteiger charge is -2.22. The van der Waals surface area contributed by atoms with Gasteiger partial charge in [0.15, 0.2) is 0 Å². The lowest BCUT2D eigenvalue weighted by molar-refractivity contribution is -0.133. The van der Waals surface area contributed by atoms with Crippen molar-refractivity contribution in [2.75, 3.05) is 19.7 Å². The second-order valence-corrected chi connectivity index (χ2v) is 5.75. The fourth-order valence-corrected chi connectivity index (χ4v) is 2.88. The summed E-state index contributed by atoms with van der Waals surface area (Å²) in [6.07, 6.45) is 3.31. The SMILES string of the molecule is O=C(C1CC1c1ccco1)N(CCO)CCc1ccccc1. The van der Waals surface area contributed by atoms with Crippen molar-refractivity contribution in [1.82, 2.24) is 4.90 Å². The van der Waals surface area contributed by atoms with Crippen molar-refractivity contribution < 1.29 is 14.3 Å². The van der Waals surface area contributed by atoms with Gasteiger partial charge < -0.3 is 14.4 Å². The number of benzene rings is 1. The molecule has 0 spiro atoms. The van der Waals surface area contributed by atoms with E-state index in [1.807, 2.05) is 30.3 Å². The first-order valence-electron chi connectivity index (χ1n) is 7.76. The van der Waals surface area contributed by atoms with Crippen LogP contribution < -0.4 is 0 Å². The summed E-state index contributed by atoms with van der Waals surface area (Å²) in [6.45, 7) is 1.04. The van der Waals surface area contributed by atoms with Gasteiger partial charge in [-0.1, -0.05) is 30.3 Å². The smallest absolute Gasteiger partial charge is 0.226 e. The molecule has 3 rings (SSSR count). The van der Waals surface area contributed by atoms with Crippen LogP contribution in [-0.4, -0.2) is 35.6 Å². The van der Waals surface area contributed by atoms with Crippen LogP contribution in [0.2, 0.25) is 0 Å². The summed E-state index contributed by atoms with van der Waals surface area (Å²) in [7, 11) is 0. The maximum Gasteiger partial charge on any atom is 0.226 e. The number of nitrogens with zero attached hydrogens (tertiary/aromatic N) is 1. The van der Waals surface area contributed by atoms with Crippen molar-refractivity contribution >= 4 is 5.91 Å². The van der Waals surface area contributed by atoms with E-state index in [-0.39, 0.29) is 24.3 Å². The average molecular weight is 299 g/mol. The number of carbonyl (C=O) groups is 1. The summed E-state index contributed by atoms with van der Waals surface area (Å²) in [5.74, 6) is 1.24. The van der Waals surface area contributed by atoms with E-state index in [4.69, 9.17) is 4.42 Å². The fourth-order valence-electron chi connectivity index (χ4n) is 2.88. The van der Waals surface area contributed by atoms with Gasteiger partial charge in [0, 0.05) is 24.9 Å². The van der Waals surface area contributed by atoms with Gasteiger partial charge in [-0.15, -0.1) is 0 Å². The van der Waals surface area contributed by atoms with Crippen LogP contribution in [-0.2, 0) is 11.2 Å². The Labute approximate surface area is 130 Å². The van der Waals surface area contributed by atoms with E-state index in [1.54, 1.807) is 11.2 Å². The van der Waals surface area contributed by atoms with Gasteiger partial charge in [0.2, 0.25) is 5.91 Å². The Morgan fingerprint density at radius 2 is 2.00 bits per heavy atom. The van der Waals surface area contributed by atoms with E-state index in [9.17, 15) is 9.90 Å². The molecular weight excluding hydrogens is 278 g/mol. The Balaban J connectivity index is 1.58.